The summed E-state index contributed by atoms with van der Waals surface area (Å²) >= 11 is 0. The predicted octanol–water partition coefficient (Wildman–Crippen LogP) is 7.59. The lowest BCUT2D eigenvalue weighted by atomic mass is 9.82. The minimum Gasteiger partial charge on any atom is -0.478 e. The molecule has 0 saturated heterocycles. The average molecular weight is 535 g/mol. The molecule has 2 N–H and O–H groups in total. The van der Waals surface area contributed by atoms with Crippen molar-refractivity contribution in [1.82, 2.24) is 4.72 Å². The van der Waals surface area contributed by atoms with Crippen LogP contribution in [0.1, 0.15) is 74.2 Å². The highest BCUT2D eigenvalue weighted by molar-refractivity contribution is 7.83. The van der Waals surface area contributed by atoms with E-state index in [-0.39, 0.29) is 11.7 Å². The van der Waals surface area contributed by atoms with Gasteiger partial charge in [-0.05, 0) is 71.8 Å². The fraction of sp³-hybridized carbons (Fsp3) is 0.387. The summed E-state index contributed by atoms with van der Waals surface area (Å²) in [5.41, 5.74) is 4.15. The number of nitrogens with zero attached hydrogens (tertiary/aromatic N) is 1. The van der Waals surface area contributed by atoms with E-state index < -0.39 is 22.8 Å². The summed E-state index contributed by atoms with van der Waals surface area (Å²) in [5.74, 6) is -1.52. The van der Waals surface area contributed by atoms with Gasteiger partial charge in [0.05, 0.1) is 22.3 Å². The fourth-order valence-electron chi connectivity index (χ4n) is 5.85. The Balaban J connectivity index is 1.68. The van der Waals surface area contributed by atoms with Gasteiger partial charge in [0.1, 0.15) is 16.8 Å². The van der Waals surface area contributed by atoms with Gasteiger partial charge in [0.25, 0.3) is 0 Å². The van der Waals surface area contributed by atoms with Crippen molar-refractivity contribution in [2.75, 3.05) is 4.90 Å². The molecule has 1 aliphatic carbocycles. The van der Waals surface area contributed by atoms with Crippen LogP contribution in [0.3, 0.4) is 0 Å². The van der Waals surface area contributed by atoms with E-state index in [2.05, 4.69) is 34.7 Å². The first-order valence-electron chi connectivity index (χ1n) is 13.7. The normalized spacial score (nSPS) is 19.8. The minimum atomic E-state index is -1.44. The van der Waals surface area contributed by atoms with Crippen molar-refractivity contribution in [2.24, 2.45) is 5.92 Å². The summed E-state index contributed by atoms with van der Waals surface area (Å²) in [6.07, 6.45) is 9.67. The fourth-order valence-corrected chi connectivity index (χ4v) is 7.02. The van der Waals surface area contributed by atoms with Gasteiger partial charge in [0.2, 0.25) is 0 Å². The van der Waals surface area contributed by atoms with Crippen molar-refractivity contribution in [3.05, 3.63) is 77.6 Å². The van der Waals surface area contributed by atoms with Crippen LogP contribution < -0.4 is 9.62 Å². The largest absolute Gasteiger partial charge is 0.478 e. The number of carbonyl (C=O) groups is 1. The molecule has 1 heterocycles. The summed E-state index contributed by atoms with van der Waals surface area (Å²) in [6, 6.07) is 18.5. The van der Waals surface area contributed by atoms with E-state index in [1.54, 1.807) is 6.07 Å². The summed E-state index contributed by atoms with van der Waals surface area (Å²) in [7, 11) is -1.44. The SMILES string of the molecule is CCCCC1NS(=O)c2cc(-c3ccc(F)c(C(=O)O)c3)c(CC3CCCCC3)cc2N1c1ccccc1. The van der Waals surface area contributed by atoms with Crippen LogP contribution in [0.4, 0.5) is 15.8 Å². The molecule has 0 spiro atoms. The Morgan fingerprint density at radius 1 is 1.08 bits per heavy atom. The zero-order valence-corrected chi connectivity index (χ0v) is 22.6. The molecule has 7 heteroatoms. The van der Waals surface area contributed by atoms with E-state index in [0.29, 0.717) is 16.4 Å². The molecule has 0 aromatic heterocycles. The number of hydrogen-bond donors (Lipinski definition) is 2. The number of carboxylic acids is 1. The van der Waals surface area contributed by atoms with Crippen molar-refractivity contribution >= 4 is 28.3 Å². The van der Waals surface area contributed by atoms with Crippen molar-refractivity contribution in [3.8, 4) is 11.1 Å². The summed E-state index contributed by atoms with van der Waals surface area (Å²) in [4.78, 5) is 14.6. The minimum absolute atomic E-state index is 0.108. The van der Waals surface area contributed by atoms with Gasteiger partial charge in [0.15, 0.2) is 0 Å². The third-order valence-corrected chi connectivity index (χ3v) is 9.02. The molecule has 38 heavy (non-hydrogen) atoms. The quantitative estimate of drug-likeness (QED) is 0.312. The number of hydrogen-bond acceptors (Lipinski definition) is 3. The first kappa shape index (κ1) is 26.6. The van der Waals surface area contributed by atoms with Crippen LogP contribution in [0.15, 0.2) is 65.6 Å². The average Bonchev–Trinajstić information content (AvgIpc) is 2.93. The number of unbranched alkanes of at least 4 members (excludes halogenated alkanes) is 1. The molecule has 1 aliphatic heterocycles. The molecule has 0 bridgehead atoms. The molecule has 2 unspecified atom stereocenters. The first-order chi connectivity index (χ1) is 18.5. The number of rotatable bonds is 8. The molecule has 200 valence electrons. The Bertz CT molecular complexity index is 1320. The van der Waals surface area contributed by atoms with Crippen LogP contribution in [0.5, 0.6) is 0 Å². The lowest BCUT2D eigenvalue weighted by molar-refractivity contribution is 0.0692. The van der Waals surface area contributed by atoms with E-state index in [1.807, 2.05) is 24.3 Å². The Hall–Kier alpha value is -3.03. The number of aromatic carboxylic acids is 1. The van der Waals surface area contributed by atoms with Gasteiger partial charge < -0.3 is 10.0 Å². The van der Waals surface area contributed by atoms with Crippen LogP contribution >= 0.6 is 0 Å². The molecule has 2 aliphatic rings. The highest BCUT2D eigenvalue weighted by atomic mass is 32.2. The van der Waals surface area contributed by atoms with Gasteiger partial charge >= 0.3 is 5.97 Å². The van der Waals surface area contributed by atoms with Crippen LogP contribution in [-0.2, 0) is 17.4 Å². The zero-order valence-electron chi connectivity index (χ0n) is 21.8. The Labute approximate surface area is 226 Å². The first-order valence-corrected chi connectivity index (χ1v) is 14.8. The summed E-state index contributed by atoms with van der Waals surface area (Å²) in [6.45, 7) is 2.16. The number of nitrogens with one attached hydrogen (secondary N) is 1. The predicted molar refractivity (Wildman–Crippen MR) is 151 cm³/mol. The molecule has 5 rings (SSSR count). The van der Waals surface area contributed by atoms with Crippen LogP contribution in [0.25, 0.3) is 11.1 Å². The van der Waals surface area contributed by atoms with Gasteiger partial charge in [0, 0.05) is 5.69 Å². The maximum Gasteiger partial charge on any atom is 0.338 e. The number of para-hydroxylation sites is 1. The lowest BCUT2D eigenvalue weighted by Crippen LogP contribution is -2.48. The van der Waals surface area contributed by atoms with Crippen LogP contribution in [-0.4, -0.2) is 21.5 Å². The van der Waals surface area contributed by atoms with Crippen molar-refractivity contribution in [1.29, 1.82) is 0 Å². The van der Waals surface area contributed by atoms with Crippen molar-refractivity contribution in [2.45, 2.75) is 75.8 Å². The second-order valence-electron chi connectivity index (χ2n) is 10.4. The molecule has 1 fully saturated rings. The van der Waals surface area contributed by atoms with Gasteiger partial charge in [-0.1, -0.05) is 76.1 Å². The lowest BCUT2D eigenvalue weighted by Gasteiger charge is -2.39. The molecule has 5 nitrogen and oxygen atoms in total. The number of anilines is 2. The van der Waals surface area contributed by atoms with E-state index >= 15 is 0 Å². The Morgan fingerprint density at radius 2 is 1.84 bits per heavy atom. The third-order valence-electron chi connectivity index (χ3n) is 7.81. The number of fused-ring (bicyclic) bond motifs is 1. The number of halogens is 1. The third kappa shape index (κ3) is 5.54. The second-order valence-corrected chi connectivity index (χ2v) is 11.6. The zero-order chi connectivity index (χ0) is 26.6. The van der Waals surface area contributed by atoms with Crippen molar-refractivity contribution in [3.63, 3.8) is 0 Å². The monoisotopic (exact) mass is 534 g/mol. The van der Waals surface area contributed by atoms with Gasteiger partial charge in [-0.3, -0.25) is 0 Å². The number of benzene rings is 3. The molecule has 0 radical (unpaired) electrons. The molecular formula is C31H35FN2O3S. The second kappa shape index (κ2) is 11.8. The van der Waals surface area contributed by atoms with Gasteiger partial charge in [-0.15, -0.1) is 0 Å². The van der Waals surface area contributed by atoms with Crippen LogP contribution in [0.2, 0.25) is 0 Å². The van der Waals surface area contributed by atoms with Crippen molar-refractivity contribution < 1.29 is 18.5 Å². The van der Waals surface area contributed by atoms with Gasteiger partial charge in [-0.25, -0.2) is 18.1 Å². The smallest absolute Gasteiger partial charge is 0.338 e. The molecule has 2 atom stereocenters. The summed E-state index contributed by atoms with van der Waals surface area (Å²) in [5, 5.41) is 9.56. The Morgan fingerprint density at radius 3 is 2.55 bits per heavy atom. The van der Waals surface area contributed by atoms with Gasteiger partial charge in [-0.2, -0.15) is 0 Å². The van der Waals surface area contributed by atoms with E-state index in [4.69, 9.17) is 0 Å². The maximum absolute atomic E-state index is 14.3. The molecule has 0 amide bonds. The van der Waals surface area contributed by atoms with Crippen LogP contribution in [0, 0.1) is 11.7 Å². The highest BCUT2D eigenvalue weighted by Gasteiger charge is 2.33. The molecular weight excluding hydrogens is 499 g/mol. The Kier molecular flexibility index (Phi) is 8.24. The topological polar surface area (TPSA) is 69.6 Å². The molecule has 3 aromatic carbocycles. The van der Waals surface area contributed by atoms with E-state index in [0.717, 1.165) is 61.0 Å². The molecule has 1 saturated carbocycles. The van der Waals surface area contributed by atoms with E-state index in [1.165, 1.54) is 31.4 Å². The molecule has 3 aromatic rings. The van der Waals surface area contributed by atoms with E-state index in [9.17, 15) is 18.5 Å². The summed E-state index contributed by atoms with van der Waals surface area (Å²) < 4.78 is 31.2. The maximum atomic E-state index is 14.3. The highest BCUT2D eigenvalue weighted by Crippen LogP contribution is 2.42. The standard InChI is InChI=1S/C31H35FN2O3S/c1-2-3-14-30-33-38(37)29-20-25(22-15-16-27(32)26(18-22)31(35)36)23(17-21-10-6-4-7-11-21)19-28(29)34(30)24-12-8-5-9-13-24/h5,8-9,12-13,15-16,18-21,30,33H,2-4,6-7,10-11,14,17H2,1H3,(H,35,36). The number of carboxylic acid groups (broad SMARTS) is 1.